The number of hydrogen-bond donors (Lipinski definition) is 2. The summed E-state index contributed by atoms with van der Waals surface area (Å²) in [6.07, 6.45) is 0.632. The number of halogens is 3. The number of nitrogens with one attached hydrogen (secondary N) is 1. The lowest BCUT2D eigenvalue weighted by Gasteiger charge is -2.46. The van der Waals surface area contributed by atoms with E-state index in [0.717, 1.165) is 36.1 Å². The first-order valence-corrected chi connectivity index (χ1v) is 16.0. The van der Waals surface area contributed by atoms with Gasteiger partial charge in [-0.05, 0) is 74.8 Å². The highest BCUT2D eigenvalue weighted by Crippen LogP contribution is 2.40. The first-order chi connectivity index (χ1) is 22.4. The highest BCUT2D eigenvalue weighted by molar-refractivity contribution is 5.95. The fraction of sp³-hybridized carbons (Fsp3) is 0.405. The fourth-order valence-electron chi connectivity index (χ4n) is 5.40. The van der Waals surface area contributed by atoms with Crippen LogP contribution >= 0.6 is 0 Å². The predicted molar refractivity (Wildman–Crippen MR) is 173 cm³/mol. The first kappa shape index (κ1) is 34.2. The molecule has 2 fully saturated rings. The lowest BCUT2D eigenvalue weighted by Crippen LogP contribution is -2.56. The Labute approximate surface area is 273 Å². The number of carbonyl (C=O) groups excluding carboxylic acids is 2. The summed E-state index contributed by atoms with van der Waals surface area (Å²) in [6, 6.07) is 23.2. The van der Waals surface area contributed by atoms with Crippen molar-refractivity contribution in [3.8, 4) is 0 Å². The third-order valence-electron chi connectivity index (χ3n) is 8.56. The van der Waals surface area contributed by atoms with Crippen LogP contribution in [0.1, 0.15) is 72.9 Å². The van der Waals surface area contributed by atoms with Crippen LogP contribution in [0.25, 0.3) is 0 Å². The molecule has 0 radical (unpaired) electrons. The molecule has 2 aliphatic carbocycles. The van der Waals surface area contributed by atoms with Gasteiger partial charge in [-0.1, -0.05) is 78.4 Å². The van der Waals surface area contributed by atoms with Gasteiger partial charge in [0.25, 0.3) is 0 Å². The number of amides is 2. The number of alkyl halides is 3. The maximum atomic E-state index is 13.8. The van der Waals surface area contributed by atoms with Crippen molar-refractivity contribution in [3.63, 3.8) is 0 Å². The Morgan fingerprint density at radius 3 is 2.23 bits per heavy atom. The van der Waals surface area contributed by atoms with Crippen molar-refractivity contribution in [2.75, 3.05) is 13.2 Å². The summed E-state index contributed by atoms with van der Waals surface area (Å²) < 4.78 is 52.7. The lowest BCUT2D eigenvalue weighted by atomic mass is 9.81. The quantitative estimate of drug-likeness (QED) is 0.253. The van der Waals surface area contributed by atoms with Crippen LogP contribution in [0.15, 0.2) is 90.5 Å². The zero-order valence-corrected chi connectivity index (χ0v) is 26.8. The van der Waals surface area contributed by atoms with Crippen LogP contribution < -0.4 is 11.1 Å². The second-order valence-electron chi connectivity index (χ2n) is 12.6. The molecule has 7 nitrogen and oxygen atoms in total. The Morgan fingerprint density at radius 1 is 1.00 bits per heavy atom. The van der Waals surface area contributed by atoms with Crippen molar-refractivity contribution < 1.29 is 32.2 Å². The Balaban J connectivity index is 0.00000101. The lowest BCUT2D eigenvalue weighted by molar-refractivity contribution is -0.137. The van der Waals surface area contributed by atoms with Gasteiger partial charge in [0.15, 0.2) is 0 Å². The van der Waals surface area contributed by atoms with Crippen molar-refractivity contribution >= 4 is 12.0 Å². The highest BCUT2D eigenvalue weighted by atomic mass is 19.4. The van der Waals surface area contributed by atoms with Gasteiger partial charge in [-0.25, -0.2) is 4.79 Å². The van der Waals surface area contributed by atoms with E-state index in [2.05, 4.69) is 5.32 Å². The molecule has 0 unspecified atom stereocenters. The Kier molecular flexibility index (Phi) is 10.7. The Morgan fingerprint density at radius 2 is 1.64 bits per heavy atom. The molecule has 6 rings (SSSR count). The summed E-state index contributed by atoms with van der Waals surface area (Å²) in [7, 11) is 0. The van der Waals surface area contributed by atoms with Crippen molar-refractivity contribution in [1.29, 1.82) is 0 Å². The van der Waals surface area contributed by atoms with Gasteiger partial charge in [-0.2, -0.15) is 13.2 Å². The van der Waals surface area contributed by atoms with E-state index >= 15 is 0 Å². The summed E-state index contributed by atoms with van der Waals surface area (Å²) in [5.41, 5.74) is 6.27. The molecule has 0 spiro atoms. The molecule has 3 N–H and O–H groups in total. The normalized spacial score (nSPS) is 20.0. The highest BCUT2D eigenvalue weighted by Gasteiger charge is 2.46. The van der Waals surface area contributed by atoms with Crippen molar-refractivity contribution in [3.05, 3.63) is 118 Å². The zero-order chi connectivity index (χ0) is 33.6. The fourth-order valence-corrected chi connectivity index (χ4v) is 5.40. The van der Waals surface area contributed by atoms with Gasteiger partial charge in [0, 0.05) is 17.7 Å². The molecule has 47 heavy (non-hydrogen) atoms. The van der Waals surface area contributed by atoms with E-state index in [1.165, 1.54) is 17.7 Å². The molecule has 1 aliphatic heterocycles. The minimum Gasteiger partial charge on any atom is -0.445 e. The largest absolute Gasteiger partial charge is 0.445 e. The standard InChI is InChI=1S/C34H35F3N2O4.C3H7N/c1-23-17-27(19-29(18-23)34(35,36)37)24(2)43-22-33(28-11-7-4-8-12-28)16-15-26(31(40)38-30-13-14-30)20-39(33)32(41)42-21-25-9-5-3-6-10-25;4-3-1-2-3/h3-12,15,17-19,24,30H,13-14,16,20-22H2,1-2H3,(H,38,40);3H,1-2,4H2/t24-,33-;/m1./s1. The predicted octanol–water partition coefficient (Wildman–Crippen LogP) is 7.34. The van der Waals surface area contributed by atoms with Gasteiger partial charge in [-0.15, -0.1) is 0 Å². The van der Waals surface area contributed by atoms with E-state index < -0.39 is 29.5 Å². The molecule has 2 atom stereocenters. The average molecular weight is 650 g/mol. The third kappa shape index (κ3) is 9.23. The van der Waals surface area contributed by atoms with Gasteiger partial charge in [0.2, 0.25) is 5.91 Å². The molecule has 1 heterocycles. The van der Waals surface area contributed by atoms with Gasteiger partial charge < -0.3 is 20.5 Å². The number of ether oxygens (including phenoxy) is 2. The minimum absolute atomic E-state index is 0.0124. The molecule has 3 aliphatic rings. The van der Waals surface area contributed by atoms with E-state index in [1.54, 1.807) is 19.9 Å². The van der Waals surface area contributed by atoms with Crippen LogP contribution in [0.2, 0.25) is 0 Å². The van der Waals surface area contributed by atoms with Gasteiger partial charge >= 0.3 is 12.3 Å². The molecule has 0 bridgehead atoms. The van der Waals surface area contributed by atoms with Gasteiger partial charge in [-0.3, -0.25) is 9.69 Å². The molecule has 10 heteroatoms. The number of aryl methyl sites for hydroxylation is 1. The van der Waals surface area contributed by atoms with E-state index in [-0.39, 0.29) is 38.1 Å². The van der Waals surface area contributed by atoms with Crippen LogP contribution in [-0.4, -0.2) is 42.1 Å². The molecule has 3 aromatic rings. The summed E-state index contributed by atoms with van der Waals surface area (Å²) in [5, 5.41) is 2.99. The third-order valence-corrected chi connectivity index (χ3v) is 8.56. The van der Waals surface area contributed by atoms with E-state index in [9.17, 15) is 22.8 Å². The molecule has 0 aromatic heterocycles. The summed E-state index contributed by atoms with van der Waals surface area (Å²) >= 11 is 0. The number of benzene rings is 3. The molecule has 250 valence electrons. The zero-order valence-electron chi connectivity index (χ0n) is 26.8. The molecular formula is C37H42F3N3O4. The minimum atomic E-state index is -4.49. The summed E-state index contributed by atoms with van der Waals surface area (Å²) in [4.78, 5) is 28.4. The maximum Gasteiger partial charge on any atom is 0.416 e. The molecule has 2 saturated carbocycles. The Hall–Kier alpha value is -4.15. The second kappa shape index (κ2) is 14.7. The number of nitrogens with zero attached hydrogens (tertiary/aromatic N) is 1. The maximum absolute atomic E-state index is 13.8. The monoisotopic (exact) mass is 649 g/mol. The van der Waals surface area contributed by atoms with E-state index in [1.807, 2.05) is 66.7 Å². The molecule has 0 saturated heterocycles. The number of hydrogen-bond acceptors (Lipinski definition) is 5. The van der Waals surface area contributed by atoms with Gasteiger partial charge in [0.1, 0.15) is 6.61 Å². The second-order valence-corrected chi connectivity index (χ2v) is 12.6. The van der Waals surface area contributed by atoms with Crippen molar-refractivity contribution in [1.82, 2.24) is 10.2 Å². The summed E-state index contributed by atoms with van der Waals surface area (Å²) in [6.45, 7) is 3.29. The van der Waals surface area contributed by atoms with E-state index in [4.69, 9.17) is 15.2 Å². The van der Waals surface area contributed by atoms with Crippen LogP contribution in [-0.2, 0) is 32.6 Å². The van der Waals surface area contributed by atoms with Crippen LogP contribution in [0.4, 0.5) is 18.0 Å². The van der Waals surface area contributed by atoms with Crippen LogP contribution in [0.5, 0.6) is 0 Å². The molecule has 2 amide bonds. The van der Waals surface area contributed by atoms with E-state index in [0.29, 0.717) is 22.7 Å². The topological polar surface area (TPSA) is 93.9 Å². The SMILES string of the molecule is Cc1cc([C@@H](C)OC[C@@]2(c3ccccc3)CC=C(C(=O)NC3CC3)CN2C(=O)OCc2ccccc2)cc(C(F)(F)F)c1.NC1CC1. The van der Waals surface area contributed by atoms with Crippen molar-refractivity contribution in [2.45, 2.75) is 82.5 Å². The van der Waals surface area contributed by atoms with Crippen LogP contribution in [0, 0.1) is 6.92 Å². The summed E-state index contributed by atoms with van der Waals surface area (Å²) in [5.74, 6) is -0.223. The van der Waals surface area contributed by atoms with Crippen molar-refractivity contribution in [2.24, 2.45) is 5.73 Å². The number of carbonyl (C=O) groups is 2. The average Bonchev–Trinajstić information content (AvgIpc) is 4.02. The Bertz CT molecular complexity index is 1560. The smallest absolute Gasteiger partial charge is 0.416 e. The number of nitrogens with two attached hydrogens (primary N) is 1. The molecule has 3 aromatic carbocycles. The van der Waals surface area contributed by atoms with Gasteiger partial charge in [0.05, 0.1) is 30.4 Å². The number of rotatable bonds is 9. The molecular weight excluding hydrogens is 607 g/mol. The van der Waals surface area contributed by atoms with Crippen LogP contribution in [0.3, 0.4) is 0 Å². The first-order valence-electron chi connectivity index (χ1n) is 16.0.